The fourth-order valence-electron chi connectivity index (χ4n) is 3.56. The van der Waals surface area contributed by atoms with E-state index in [-0.39, 0.29) is 17.1 Å². The molecule has 1 atom stereocenters. The van der Waals surface area contributed by atoms with Crippen LogP contribution in [0, 0.1) is 13.8 Å². The van der Waals surface area contributed by atoms with Gasteiger partial charge in [0, 0.05) is 17.5 Å². The Bertz CT molecular complexity index is 1380. The molecule has 4 rings (SSSR count). The fraction of sp³-hybridized carbons (Fsp3) is 0.179. The van der Waals surface area contributed by atoms with Crippen LogP contribution in [0.3, 0.4) is 0 Å². The first-order valence-electron chi connectivity index (χ1n) is 11.4. The lowest BCUT2D eigenvalue weighted by Gasteiger charge is -2.15. The predicted molar refractivity (Wildman–Crippen MR) is 148 cm³/mol. The van der Waals surface area contributed by atoms with Crippen LogP contribution in [-0.4, -0.2) is 22.0 Å². The molecular formula is C28H27N3O2S2. The summed E-state index contributed by atoms with van der Waals surface area (Å²) in [4.78, 5) is 29.9. The largest absolute Gasteiger partial charge is 0.325 e. The first-order valence-corrected chi connectivity index (χ1v) is 13.1. The summed E-state index contributed by atoms with van der Waals surface area (Å²) in [6, 6.07) is 21.3. The number of carbonyl (C=O) groups is 2. The summed E-state index contributed by atoms with van der Waals surface area (Å²) in [6.07, 6.45) is 3.99. The molecule has 7 heteroatoms. The summed E-state index contributed by atoms with van der Waals surface area (Å²) < 4.78 is 1.79. The number of aromatic nitrogens is 1. The van der Waals surface area contributed by atoms with Gasteiger partial charge in [0.2, 0.25) is 11.8 Å². The quantitative estimate of drug-likeness (QED) is 0.200. The number of benzene rings is 3. The Morgan fingerprint density at radius 1 is 1.03 bits per heavy atom. The average Bonchev–Trinajstić information content (AvgIpc) is 3.25. The molecule has 35 heavy (non-hydrogen) atoms. The summed E-state index contributed by atoms with van der Waals surface area (Å²) >= 11 is 3.00. The molecule has 0 saturated heterocycles. The standard InChI is InChI=1S/C28H27N3O2S2/c1-4-24(27(33)30-22-13-10-18(2)16-19(22)3)34-28-31-23-14-12-21(17-25(23)35-28)29-26(32)15-11-20-8-6-5-7-9-20/h5-17,24H,4H2,1-3H3,(H,29,32)(H,30,33). The lowest BCUT2D eigenvalue weighted by molar-refractivity contribution is -0.115. The summed E-state index contributed by atoms with van der Waals surface area (Å²) in [6.45, 7) is 6.04. The van der Waals surface area contributed by atoms with Gasteiger partial charge >= 0.3 is 0 Å². The molecule has 2 amide bonds. The van der Waals surface area contributed by atoms with Gasteiger partial charge in [0.1, 0.15) is 0 Å². The zero-order valence-electron chi connectivity index (χ0n) is 19.9. The molecule has 0 aliphatic carbocycles. The molecule has 0 fully saturated rings. The lowest BCUT2D eigenvalue weighted by atomic mass is 10.1. The smallest absolute Gasteiger partial charge is 0.248 e. The second-order valence-corrected chi connectivity index (χ2v) is 10.7. The number of anilines is 2. The van der Waals surface area contributed by atoms with Gasteiger partial charge in [-0.3, -0.25) is 9.59 Å². The minimum absolute atomic E-state index is 0.0261. The summed E-state index contributed by atoms with van der Waals surface area (Å²) in [7, 11) is 0. The second kappa shape index (κ2) is 11.3. The topological polar surface area (TPSA) is 71.1 Å². The van der Waals surface area contributed by atoms with Crippen molar-refractivity contribution in [2.24, 2.45) is 0 Å². The predicted octanol–water partition coefficient (Wildman–Crippen LogP) is 7.07. The summed E-state index contributed by atoms with van der Waals surface area (Å²) in [5, 5.41) is 5.71. The van der Waals surface area contributed by atoms with Gasteiger partial charge in [0.05, 0.1) is 15.5 Å². The van der Waals surface area contributed by atoms with Gasteiger partial charge in [0.25, 0.3) is 0 Å². The van der Waals surface area contributed by atoms with Crippen LogP contribution in [0.15, 0.2) is 77.1 Å². The van der Waals surface area contributed by atoms with Gasteiger partial charge in [-0.05, 0) is 61.7 Å². The molecule has 0 aliphatic heterocycles. The Labute approximate surface area is 213 Å². The van der Waals surface area contributed by atoms with E-state index in [4.69, 9.17) is 4.98 Å². The lowest BCUT2D eigenvalue weighted by Crippen LogP contribution is -2.24. The third-order valence-electron chi connectivity index (χ3n) is 5.41. The summed E-state index contributed by atoms with van der Waals surface area (Å²) in [5.74, 6) is -0.219. The van der Waals surface area contributed by atoms with E-state index < -0.39 is 0 Å². The molecule has 1 aromatic heterocycles. The van der Waals surface area contributed by atoms with Crippen molar-refractivity contribution in [2.45, 2.75) is 36.8 Å². The summed E-state index contributed by atoms with van der Waals surface area (Å²) in [5.41, 5.74) is 5.57. The van der Waals surface area contributed by atoms with Crippen LogP contribution in [0.5, 0.6) is 0 Å². The van der Waals surface area contributed by atoms with E-state index in [1.807, 2.05) is 81.4 Å². The highest BCUT2D eigenvalue weighted by molar-refractivity contribution is 8.02. The highest BCUT2D eigenvalue weighted by Crippen LogP contribution is 2.35. The van der Waals surface area contributed by atoms with E-state index in [1.165, 1.54) is 34.7 Å². The molecule has 0 bridgehead atoms. The molecule has 1 unspecified atom stereocenters. The number of thioether (sulfide) groups is 1. The Kier molecular flexibility index (Phi) is 8.00. The van der Waals surface area contributed by atoms with E-state index in [0.29, 0.717) is 12.1 Å². The van der Waals surface area contributed by atoms with Crippen molar-refractivity contribution in [1.82, 2.24) is 4.98 Å². The molecule has 1 heterocycles. The van der Waals surface area contributed by atoms with Crippen molar-refractivity contribution in [3.8, 4) is 0 Å². The molecule has 4 aromatic rings. The number of nitrogens with zero attached hydrogens (tertiary/aromatic N) is 1. The zero-order chi connectivity index (χ0) is 24.8. The third-order valence-corrected chi connectivity index (χ3v) is 7.89. The Hall–Kier alpha value is -3.42. The van der Waals surface area contributed by atoms with Crippen molar-refractivity contribution in [2.75, 3.05) is 10.6 Å². The normalized spacial score (nSPS) is 12.1. The van der Waals surface area contributed by atoms with Crippen LogP contribution in [-0.2, 0) is 9.59 Å². The molecule has 2 N–H and O–H groups in total. The molecule has 0 aliphatic rings. The van der Waals surface area contributed by atoms with Crippen LogP contribution in [0.2, 0.25) is 0 Å². The number of fused-ring (bicyclic) bond motifs is 1. The molecule has 0 radical (unpaired) electrons. The van der Waals surface area contributed by atoms with Crippen LogP contribution in [0.1, 0.15) is 30.0 Å². The van der Waals surface area contributed by atoms with Crippen molar-refractivity contribution in [1.29, 1.82) is 0 Å². The Morgan fingerprint density at radius 2 is 1.83 bits per heavy atom. The Balaban J connectivity index is 1.41. The average molecular weight is 502 g/mol. The van der Waals surface area contributed by atoms with Crippen molar-refractivity contribution < 1.29 is 9.59 Å². The SMILES string of the molecule is CCC(Sc1nc2ccc(NC(=O)C=Cc3ccccc3)cc2s1)C(=O)Nc1ccc(C)cc1C. The molecule has 3 aromatic carbocycles. The van der Waals surface area contributed by atoms with Crippen LogP contribution in [0.25, 0.3) is 16.3 Å². The van der Waals surface area contributed by atoms with E-state index in [9.17, 15) is 9.59 Å². The van der Waals surface area contributed by atoms with E-state index in [2.05, 4.69) is 16.7 Å². The van der Waals surface area contributed by atoms with Crippen molar-refractivity contribution in [3.63, 3.8) is 0 Å². The number of nitrogens with one attached hydrogen (secondary N) is 2. The number of aryl methyl sites for hydroxylation is 2. The first kappa shape index (κ1) is 24.7. The van der Waals surface area contributed by atoms with Gasteiger partial charge < -0.3 is 10.6 Å². The fourth-order valence-corrected chi connectivity index (χ4v) is 5.84. The number of hydrogen-bond acceptors (Lipinski definition) is 5. The molecule has 0 saturated carbocycles. The number of amides is 2. The van der Waals surface area contributed by atoms with Gasteiger partial charge in [0.15, 0.2) is 4.34 Å². The van der Waals surface area contributed by atoms with Gasteiger partial charge in [-0.2, -0.15) is 0 Å². The third kappa shape index (κ3) is 6.59. The highest BCUT2D eigenvalue weighted by atomic mass is 32.2. The Morgan fingerprint density at radius 3 is 2.57 bits per heavy atom. The minimum Gasteiger partial charge on any atom is -0.325 e. The highest BCUT2D eigenvalue weighted by Gasteiger charge is 2.21. The maximum atomic E-state index is 12.9. The zero-order valence-corrected chi connectivity index (χ0v) is 21.5. The maximum absolute atomic E-state index is 12.9. The molecule has 178 valence electrons. The van der Waals surface area contributed by atoms with E-state index in [0.717, 1.165) is 31.4 Å². The minimum atomic E-state index is -0.251. The van der Waals surface area contributed by atoms with Crippen molar-refractivity contribution >= 4 is 62.6 Å². The number of carbonyl (C=O) groups excluding carboxylic acids is 2. The first-order chi connectivity index (χ1) is 16.9. The van der Waals surface area contributed by atoms with Crippen molar-refractivity contribution in [3.05, 3.63) is 89.5 Å². The number of hydrogen-bond donors (Lipinski definition) is 2. The van der Waals surface area contributed by atoms with Gasteiger partial charge in [-0.15, -0.1) is 11.3 Å². The van der Waals surface area contributed by atoms with Crippen LogP contribution in [0.4, 0.5) is 11.4 Å². The maximum Gasteiger partial charge on any atom is 0.248 e. The molecule has 5 nitrogen and oxygen atoms in total. The second-order valence-electron chi connectivity index (χ2n) is 8.22. The van der Waals surface area contributed by atoms with E-state index >= 15 is 0 Å². The van der Waals surface area contributed by atoms with Gasteiger partial charge in [-0.25, -0.2) is 4.98 Å². The van der Waals surface area contributed by atoms with Gasteiger partial charge in [-0.1, -0.05) is 66.7 Å². The van der Waals surface area contributed by atoms with Crippen LogP contribution < -0.4 is 10.6 Å². The molecule has 0 spiro atoms. The van der Waals surface area contributed by atoms with E-state index in [1.54, 1.807) is 6.08 Å². The van der Waals surface area contributed by atoms with Crippen LogP contribution >= 0.6 is 23.1 Å². The number of thiazole rings is 1. The molecular weight excluding hydrogens is 474 g/mol. The monoisotopic (exact) mass is 501 g/mol. The number of rotatable bonds is 8.